The highest BCUT2D eigenvalue weighted by molar-refractivity contribution is 9.10. The second-order valence-electron chi connectivity index (χ2n) is 6.75. The molecule has 3 rings (SSSR count). The Hall–Kier alpha value is -2.29. The van der Waals surface area contributed by atoms with Crippen molar-refractivity contribution in [2.75, 3.05) is 11.1 Å². The molecule has 0 aliphatic carbocycles. The van der Waals surface area contributed by atoms with Crippen LogP contribution in [0.25, 0.3) is 0 Å². The zero-order chi connectivity index (χ0) is 22.4. The van der Waals surface area contributed by atoms with Crippen molar-refractivity contribution in [2.24, 2.45) is 0 Å². The van der Waals surface area contributed by atoms with Gasteiger partial charge < -0.3 is 10.1 Å². The van der Waals surface area contributed by atoms with Crippen LogP contribution in [-0.4, -0.2) is 26.4 Å². The largest absolute Gasteiger partial charge is 0.485 e. The molecule has 0 fully saturated rings. The number of hydrogen-bond acceptors (Lipinski definition) is 5. The van der Waals surface area contributed by atoms with Crippen LogP contribution in [0.15, 0.2) is 58.7 Å². The Morgan fingerprint density at radius 2 is 2.13 bits per heavy atom. The topological polar surface area (TPSA) is 69.0 Å². The van der Waals surface area contributed by atoms with Gasteiger partial charge in [0.25, 0.3) is 0 Å². The predicted octanol–water partition coefficient (Wildman–Crippen LogP) is 5.81. The SMILES string of the molecule is C=CCn1c(COc2cccc(C)c2C)nnc1SCC(=O)Nc1ccc(Br)cc1Cl. The molecule has 0 unspecified atom stereocenters. The van der Waals surface area contributed by atoms with E-state index >= 15 is 0 Å². The molecule has 3 aromatic rings. The van der Waals surface area contributed by atoms with E-state index in [0.29, 0.717) is 28.2 Å². The van der Waals surface area contributed by atoms with E-state index in [1.807, 2.05) is 42.7 Å². The van der Waals surface area contributed by atoms with Crippen molar-refractivity contribution >= 4 is 50.9 Å². The average molecular weight is 522 g/mol. The van der Waals surface area contributed by atoms with Crippen molar-refractivity contribution in [3.05, 3.63) is 75.5 Å². The number of halogens is 2. The van der Waals surface area contributed by atoms with Crippen LogP contribution >= 0.6 is 39.3 Å². The third kappa shape index (κ3) is 6.12. The number of nitrogens with zero attached hydrogens (tertiary/aromatic N) is 3. The summed E-state index contributed by atoms with van der Waals surface area (Å²) in [6, 6.07) is 11.2. The lowest BCUT2D eigenvalue weighted by Gasteiger charge is -2.12. The molecule has 1 N–H and O–H groups in total. The zero-order valence-electron chi connectivity index (χ0n) is 17.2. The van der Waals surface area contributed by atoms with E-state index in [-0.39, 0.29) is 18.3 Å². The Balaban J connectivity index is 1.64. The molecule has 31 heavy (non-hydrogen) atoms. The minimum Gasteiger partial charge on any atom is -0.485 e. The maximum Gasteiger partial charge on any atom is 0.234 e. The fourth-order valence-corrected chi connectivity index (χ4v) is 4.26. The van der Waals surface area contributed by atoms with Gasteiger partial charge in [-0.3, -0.25) is 9.36 Å². The van der Waals surface area contributed by atoms with E-state index in [1.165, 1.54) is 11.8 Å². The van der Waals surface area contributed by atoms with Crippen molar-refractivity contribution in [3.8, 4) is 5.75 Å². The molecular weight excluding hydrogens is 500 g/mol. The van der Waals surface area contributed by atoms with E-state index in [9.17, 15) is 4.79 Å². The summed E-state index contributed by atoms with van der Waals surface area (Å²) in [6.45, 7) is 8.66. The lowest BCUT2D eigenvalue weighted by Crippen LogP contribution is -2.15. The first-order valence-corrected chi connectivity index (χ1v) is 11.6. The van der Waals surface area contributed by atoms with Gasteiger partial charge in [-0.1, -0.05) is 57.5 Å². The van der Waals surface area contributed by atoms with Crippen molar-refractivity contribution in [2.45, 2.75) is 32.2 Å². The molecule has 1 heterocycles. The number of nitrogens with one attached hydrogen (secondary N) is 1. The Morgan fingerprint density at radius 1 is 1.32 bits per heavy atom. The second-order valence-corrected chi connectivity index (χ2v) is 9.01. The fourth-order valence-electron chi connectivity index (χ4n) is 2.78. The monoisotopic (exact) mass is 520 g/mol. The zero-order valence-corrected chi connectivity index (χ0v) is 20.4. The maximum absolute atomic E-state index is 12.4. The highest BCUT2D eigenvalue weighted by Gasteiger charge is 2.15. The lowest BCUT2D eigenvalue weighted by atomic mass is 10.1. The van der Waals surface area contributed by atoms with E-state index in [2.05, 4.69) is 38.0 Å². The molecule has 0 spiro atoms. The molecule has 9 heteroatoms. The van der Waals surface area contributed by atoms with Crippen molar-refractivity contribution < 1.29 is 9.53 Å². The maximum atomic E-state index is 12.4. The van der Waals surface area contributed by atoms with Crippen LogP contribution in [0.2, 0.25) is 5.02 Å². The van der Waals surface area contributed by atoms with Gasteiger partial charge in [0.2, 0.25) is 5.91 Å². The number of aromatic nitrogens is 3. The number of benzene rings is 2. The van der Waals surface area contributed by atoms with Crippen LogP contribution in [0, 0.1) is 13.8 Å². The minimum absolute atomic E-state index is 0.166. The summed E-state index contributed by atoms with van der Waals surface area (Å²) in [7, 11) is 0. The number of carbonyl (C=O) groups is 1. The quantitative estimate of drug-likeness (QED) is 0.284. The number of rotatable bonds is 9. The average Bonchev–Trinajstić information content (AvgIpc) is 3.11. The standard InChI is InChI=1S/C22H22BrClN4O2S/c1-4-10-28-20(12-30-19-7-5-6-14(2)15(19)3)26-27-22(28)31-13-21(29)25-18-9-8-16(23)11-17(18)24/h4-9,11H,1,10,12-13H2,2-3H3,(H,25,29). The van der Waals surface area contributed by atoms with E-state index in [1.54, 1.807) is 18.2 Å². The molecular formula is C22H22BrClN4O2S. The predicted molar refractivity (Wildman–Crippen MR) is 129 cm³/mol. The Bertz CT molecular complexity index is 1100. The molecule has 2 aromatic carbocycles. The van der Waals surface area contributed by atoms with Crippen LogP contribution in [0.4, 0.5) is 5.69 Å². The minimum atomic E-state index is -0.185. The smallest absolute Gasteiger partial charge is 0.234 e. The summed E-state index contributed by atoms with van der Waals surface area (Å²) in [5, 5.41) is 12.4. The van der Waals surface area contributed by atoms with Gasteiger partial charge in [-0.2, -0.15) is 0 Å². The van der Waals surface area contributed by atoms with Crippen LogP contribution in [0.3, 0.4) is 0 Å². The number of carbonyl (C=O) groups excluding carboxylic acids is 1. The van der Waals surface area contributed by atoms with Gasteiger partial charge >= 0.3 is 0 Å². The summed E-state index contributed by atoms with van der Waals surface area (Å²) < 4.78 is 8.70. The van der Waals surface area contributed by atoms with Crippen LogP contribution in [-0.2, 0) is 17.9 Å². The first-order valence-electron chi connectivity index (χ1n) is 9.48. The van der Waals surface area contributed by atoms with E-state index < -0.39 is 0 Å². The molecule has 0 saturated heterocycles. The molecule has 0 aliphatic rings. The third-order valence-electron chi connectivity index (χ3n) is 4.55. The molecule has 1 amide bonds. The second kappa shape index (κ2) is 10.8. The molecule has 0 saturated carbocycles. The fraction of sp³-hybridized carbons (Fsp3) is 0.227. The number of ether oxygens (including phenoxy) is 1. The van der Waals surface area contributed by atoms with Gasteiger partial charge in [-0.25, -0.2) is 0 Å². The summed E-state index contributed by atoms with van der Waals surface area (Å²) >= 11 is 10.8. The molecule has 0 aliphatic heterocycles. The van der Waals surface area contributed by atoms with Gasteiger partial charge in [0.15, 0.2) is 11.0 Å². The highest BCUT2D eigenvalue weighted by Crippen LogP contribution is 2.26. The highest BCUT2D eigenvalue weighted by atomic mass is 79.9. The summed E-state index contributed by atoms with van der Waals surface area (Å²) in [4.78, 5) is 12.4. The van der Waals surface area contributed by atoms with Gasteiger partial charge in [-0.15, -0.1) is 16.8 Å². The van der Waals surface area contributed by atoms with Gasteiger partial charge in [0.1, 0.15) is 12.4 Å². The first-order chi connectivity index (χ1) is 14.9. The molecule has 0 atom stereocenters. The van der Waals surface area contributed by atoms with Crippen LogP contribution in [0.1, 0.15) is 17.0 Å². The summed E-state index contributed by atoms with van der Waals surface area (Å²) in [6.07, 6.45) is 1.76. The normalized spacial score (nSPS) is 10.7. The molecule has 0 radical (unpaired) electrons. The summed E-state index contributed by atoms with van der Waals surface area (Å²) in [5.41, 5.74) is 2.82. The lowest BCUT2D eigenvalue weighted by molar-refractivity contribution is -0.113. The van der Waals surface area contributed by atoms with E-state index in [0.717, 1.165) is 21.3 Å². The van der Waals surface area contributed by atoms with Crippen molar-refractivity contribution in [1.29, 1.82) is 0 Å². The number of anilines is 1. The van der Waals surface area contributed by atoms with Gasteiger partial charge in [0, 0.05) is 11.0 Å². The number of hydrogen-bond donors (Lipinski definition) is 1. The van der Waals surface area contributed by atoms with Crippen molar-refractivity contribution in [3.63, 3.8) is 0 Å². The number of allylic oxidation sites excluding steroid dienone is 1. The molecule has 162 valence electrons. The molecule has 1 aromatic heterocycles. The Morgan fingerprint density at radius 3 is 2.87 bits per heavy atom. The molecule has 6 nitrogen and oxygen atoms in total. The number of aryl methyl sites for hydroxylation is 1. The summed E-state index contributed by atoms with van der Waals surface area (Å²) in [5.74, 6) is 1.46. The van der Waals surface area contributed by atoms with E-state index in [4.69, 9.17) is 16.3 Å². The number of thioether (sulfide) groups is 1. The van der Waals surface area contributed by atoms with Gasteiger partial charge in [0.05, 0.1) is 16.5 Å². The third-order valence-corrected chi connectivity index (χ3v) is 6.33. The van der Waals surface area contributed by atoms with Crippen LogP contribution < -0.4 is 10.1 Å². The van der Waals surface area contributed by atoms with Crippen molar-refractivity contribution in [1.82, 2.24) is 14.8 Å². The Kier molecular flexibility index (Phi) is 8.17. The van der Waals surface area contributed by atoms with Crippen LogP contribution in [0.5, 0.6) is 5.75 Å². The van der Waals surface area contributed by atoms with Gasteiger partial charge in [-0.05, 0) is 49.2 Å². The molecule has 0 bridgehead atoms. The first kappa shape index (κ1) is 23.4. The number of amides is 1. The Labute approximate surface area is 199 Å².